The first-order chi connectivity index (χ1) is 5.05. The van der Waals surface area contributed by atoms with Gasteiger partial charge in [-0.15, -0.1) is 0 Å². The van der Waals surface area contributed by atoms with Gasteiger partial charge in [-0.3, -0.25) is 4.79 Å². The topological polar surface area (TPSA) is 29.1 Å². The second kappa shape index (κ2) is 2.85. The number of ketones is 1. The van der Waals surface area contributed by atoms with E-state index >= 15 is 0 Å². The molecule has 0 spiro atoms. The van der Waals surface area contributed by atoms with Gasteiger partial charge in [0, 0.05) is 12.8 Å². The van der Waals surface area contributed by atoms with Crippen LogP contribution in [-0.4, -0.2) is 24.3 Å². The van der Waals surface area contributed by atoms with Gasteiger partial charge < -0.3 is 5.32 Å². The standard InChI is InChI=1S/C7H11F2NO/c1-2-6(11)5-3-7(8,9)4-10-5/h5,10H,2-4H2,1H3. The number of carbonyl (C=O) groups excluding carboxylic acids is 1. The minimum absolute atomic E-state index is 0.123. The van der Waals surface area contributed by atoms with E-state index in [2.05, 4.69) is 5.32 Å². The lowest BCUT2D eigenvalue weighted by Gasteiger charge is -2.06. The summed E-state index contributed by atoms with van der Waals surface area (Å²) < 4.78 is 25.0. The molecule has 0 aliphatic carbocycles. The molecule has 0 aromatic carbocycles. The summed E-state index contributed by atoms with van der Waals surface area (Å²) in [4.78, 5) is 10.9. The normalized spacial score (nSPS) is 28.8. The van der Waals surface area contributed by atoms with Crippen molar-refractivity contribution < 1.29 is 13.6 Å². The van der Waals surface area contributed by atoms with Crippen molar-refractivity contribution in [3.8, 4) is 0 Å². The number of hydrogen-bond acceptors (Lipinski definition) is 2. The van der Waals surface area contributed by atoms with Crippen LogP contribution in [0.4, 0.5) is 8.78 Å². The molecule has 0 bridgehead atoms. The van der Waals surface area contributed by atoms with E-state index < -0.39 is 12.0 Å². The van der Waals surface area contributed by atoms with Gasteiger partial charge in [0.05, 0.1) is 12.6 Å². The Kier molecular flexibility index (Phi) is 2.23. The van der Waals surface area contributed by atoms with E-state index in [0.29, 0.717) is 6.42 Å². The quantitative estimate of drug-likeness (QED) is 0.657. The molecule has 0 aromatic rings. The number of halogens is 2. The van der Waals surface area contributed by atoms with Crippen molar-refractivity contribution >= 4 is 5.78 Å². The van der Waals surface area contributed by atoms with E-state index in [1.54, 1.807) is 6.92 Å². The van der Waals surface area contributed by atoms with Gasteiger partial charge in [0.2, 0.25) is 0 Å². The largest absolute Gasteiger partial charge is 0.302 e. The van der Waals surface area contributed by atoms with Crippen LogP contribution in [0.5, 0.6) is 0 Å². The summed E-state index contributed by atoms with van der Waals surface area (Å²) in [5.74, 6) is -2.81. The van der Waals surface area contributed by atoms with Crippen molar-refractivity contribution in [2.45, 2.75) is 31.7 Å². The van der Waals surface area contributed by atoms with Gasteiger partial charge in [-0.2, -0.15) is 0 Å². The van der Waals surface area contributed by atoms with Crippen molar-refractivity contribution in [2.24, 2.45) is 0 Å². The number of alkyl halides is 2. The highest BCUT2D eigenvalue weighted by Gasteiger charge is 2.41. The molecule has 1 atom stereocenters. The zero-order valence-corrected chi connectivity index (χ0v) is 6.36. The number of rotatable bonds is 2. The van der Waals surface area contributed by atoms with E-state index in [1.165, 1.54) is 0 Å². The summed E-state index contributed by atoms with van der Waals surface area (Å²) in [6.07, 6.45) is -0.00653. The Bertz CT molecular complexity index is 170. The maximum atomic E-state index is 12.5. The highest BCUT2D eigenvalue weighted by atomic mass is 19.3. The monoisotopic (exact) mass is 163 g/mol. The molecule has 1 aliphatic heterocycles. The van der Waals surface area contributed by atoms with Gasteiger partial charge in [0.25, 0.3) is 5.92 Å². The van der Waals surface area contributed by atoms with E-state index in [1.807, 2.05) is 0 Å². The maximum Gasteiger partial charge on any atom is 0.262 e. The van der Waals surface area contributed by atoms with Gasteiger partial charge in [0.1, 0.15) is 5.78 Å². The predicted octanol–water partition coefficient (Wildman–Crippen LogP) is 0.963. The van der Waals surface area contributed by atoms with Crippen LogP contribution in [0, 0.1) is 0 Å². The van der Waals surface area contributed by atoms with E-state index in [0.717, 1.165) is 0 Å². The molecule has 0 aromatic heterocycles. The lowest BCUT2D eigenvalue weighted by atomic mass is 10.1. The van der Waals surface area contributed by atoms with Gasteiger partial charge in [-0.05, 0) is 0 Å². The molecule has 64 valence electrons. The predicted molar refractivity (Wildman–Crippen MR) is 36.7 cm³/mol. The lowest BCUT2D eigenvalue weighted by molar-refractivity contribution is -0.121. The third-order valence-electron chi connectivity index (χ3n) is 1.85. The fraction of sp³-hybridized carbons (Fsp3) is 0.857. The Morgan fingerprint density at radius 2 is 2.36 bits per heavy atom. The highest BCUT2D eigenvalue weighted by Crippen LogP contribution is 2.25. The molecule has 2 nitrogen and oxygen atoms in total. The molecule has 0 saturated carbocycles. The average molecular weight is 163 g/mol. The summed E-state index contributed by atoms with van der Waals surface area (Å²) in [6, 6.07) is -0.616. The minimum Gasteiger partial charge on any atom is -0.302 e. The van der Waals surface area contributed by atoms with Crippen molar-refractivity contribution in [3.63, 3.8) is 0 Å². The van der Waals surface area contributed by atoms with E-state index in [-0.39, 0.29) is 18.7 Å². The second-order valence-electron chi connectivity index (χ2n) is 2.81. The lowest BCUT2D eigenvalue weighted by Crippen LogP contribution is -2.29. The van der Waals surface area contributed by atoms with Crippen LogP contribution in [0.1, 0.15) is 19.8 Å². The van der Waals surface area contributed by atoms with E-state index in [4.69, 9.17) is 0 Å². The van der Waals surface area contributed by atoms with Gasteiger partial charge >= 0.3 is 0 Å². The third-order valence-corrected chi connectivity index (χ3v) is 1.85. The Morgan fingerprint density at radius 1 is 1.73 bits per heavy atom. The summed E-state index contributed by atoms with van der Waals surface area (Å²) >= 11 is 0. The molecule has 11 heavy (non-hydrogen) atoms. The molecule has 0 amide bonds. The minimum atomic E-state index is -2.69. The Morgan fingerprint density at radius 3 is 2.73 bits per heavy atom. The first-order valence-corrected chi connectivity index (χ1v) is 3.69. The fourth-order valence-electron chi connectivity index (χ4n) is 1.19. The Labute approximate surface area is 64.0 Å². The molecule has 1 rings (SSSR count). The van der Waals surface area contributed by atoms with E-state index in [9.17, 15) is 13.6 Å². The molecule has 0 radical (unpaired) electrons. The SMILES string of the molecule is CCC(=O)C1CC(F)(F)CN1. The van der Waals surface area contributed by atoms with Crippen molar-refractivity contribution in [1.29, 1.82) is 0 Å². The number of hydrogen-bond donors (Lipinski definition) is 1. The van der Waals surface area contributed by atoms with Crippen molar-refractivity contribution in [1.82, 2.24) is 5.32 Å². The molecule has 1 saturated heterocycles. The molecular weight excluding hydrogens is 152 g/mol. The molecule has 1 fully saturated rings. The molecule has 1 aliphatic rings. The number of nitrogens with one attached hydrogen (secondary N) is 1. The van der Waals surface area contributed by atoms with Crippen molar-refractivity contribution in [2.75, 3.05) is 6.54 Å². The number of carbonyl (C=O) groups is 1. The zero-order valence-electron chi connectivity index (χ0n) is 6.36. The summed E-state index contributed by atoms with van der Waals surface area (Å²) in [7, 11) is 0. The van der Waals surface area contributed by atoms with Crippen LogP contribution in [-0.2, 0) is 4.79 Å². The average Bonchev–Trinajstić information content (AvgIpc) is 2.29. The van der Waals surface area contributed by atoms with Crippen LogP contribution < -0.4 is 5.32 Å². The van der Waals surface area contributed by atoms with Crippen molar-refractivity contribution in [3.05, 3.63) is 0 Å². The molecule has 4 heteroatoms. The Hall–Kier alpha value is -0.510. The molecule has 1 unspecified atom stereocenters. The van der Waals surface area contributed by atoms with Crippen LogP contribution in [0.2, 0.25) is 0 Å². The summed E-state index contributed by atoms with van der Waals surface area (Å²) in [5, 5.41) is 2.50. The molecule has 1 heterocycles. The van der Waals surface area contributed by atoms with Crippen LogP contribution in [0.3, 0.4) is 0 Å². The number of Topliss-reactive ketones (excluding diaryl/α,β-unsaturated/α-hetero) is 1. The third kappa shape index (κ3) is 1.96. The zero-order chi connectivity index (χ0) is 8.48. The maximum absolute atomic E-state index is 12.5. The first-order valence-electron chi connectivity index (χ1n) is 3.69. The summed E-state index contributed by atoms with van der Waals surface area (Å²) in [5.41, 5.74) is 0. The van der Waals surface area contributed by atoms with Crippen LogP contribution in [0.15, 0.2) is 0 Å². The van der Waals surface area contributed by atoms with Gasteiger partial charge in [-0.25, -0.2) is 8.78 Å². The molecule has 1 N–H and O–H groups in total. The van der Waals surface area contributed by atoms with Crippen LogP contribution >= 0.6 is 0 Å². The highest BCUT2D eigenvalue weighted by molar-refractivity contribution is 5.84. The van der Waals surface area contributed by atoms with Gasteiger partial charge in [0.15, 0.2) is 0 Å². The smallest absolute Gasteiger partial charge is 0.262 e. The molecular formula is C7H11F2NO. The summed E-state index contributed by atoms with van der Waals surface area (Å²) in [6.45, 7) is 1.32. The Balaban J connectivity index is 2.48. The second-order valence-corrected chi connectivity index (χ2v) is 2.81. The first kappa shape index (κ1) is 8.59. The van der Waals surface area contributed by atoms with Gasteiger partial charge in [-0.1, -0.05) is 6.92 Å². The fourth-order valence-corrected chi connectivity index (χ4v) is 1.19. The van der Waals surface area contributed by atoms with Crippen LogP contribution in [0.25, 0.3) is 0 Å².